The maximum absolute atomic E-state index is 12.7. The van der Waals surface area contributed by atoms with Crippen molar-refractivity contribution in [1.29, 1.82) is 0 Å². The molecule has 0 radical (unpaired) electrons. The Balaban J connectivity index is 1.35. The zero-order chi connectivity index (χ0) is 20.2. The van der Waals surface area contributed by atoms with Gasteiger partial charge in [-0.05, 0) is 31.0 Å². The number of amides is 1. The van der Waals surface area contributed by atoms with Gasteiger partial charge in [-0.25, -0.2) is 9.97 Å². The fourth-order valence-corrected chi connectivity index (χ4v) is 4.28. The number of aryl methyl sites for hydroxylation is 2. The number of carbonyl (C=O) groups excluding carboxylic acids is 1. The smallest absolute Gasteiger partial charge is 0.233 e. The van der Waals surface area contributed by atoms with Crippen LogP contribution < -0.4 is 4.90 Å². The van der Waals surface area contributed by atoms with Crippen molar-refractivity contribution in [3.8, 4) is 5.69 Å². The van der Waals surface area contributed by atoms with E-state index in [0.29, 0.717) is 18.8 Å². The Hall–Kier alpha value is -2.87. The zero-order valence-electron chi connectivity index (χ0n) is 16.7. The van der Waals surface area contributed by atoms with Gasteiger partial charge in [0, 0.05) is 51.0 Å². The predicted molar refractivity (Wildman–Crippen MR) is 115 cm³/mol. The number of hydrogen-bond acceptors (Lipinski definition) is 6. The molecule has 0 N–H and O–H groups in total. The van der Waals surface area contributed by atoms with Gasteiger partial charge >= 0.3 is 0 Å². The topological polar surface area (TPSA) is 67.2 Å². The lowest BCUT2D eigenvalue weighted by atomic mass is 10.1. The molecule has 1 amide bonds. The van der Waals surface area contributed by atoms with Crippen molar-refractivity contribution in [2.24, 2.45) is 0 Å². The molecule has 7 nitrogen and oxygen atoms in total. The van der Waals surface area contributed by atoms with Crippen molar-refractivity contribution in [2.45, 2.75) is 19.0 Å². The summed E-state index contributed by atoms with van der Waals surface area (Å²) in [5.41, 5.74) is 3.49. The number of nitrogens with zero attached hydrogens (tertiary/aromatic N) is 6. The minimum atomic E-state index is 0.143. The Labute approximate surface area is 174 Å². The highest BCUT2D eigenvalue weighted by Crippen LogP contribution is 2.24. The number of carbonyl (C=O) groups is 1. The summed E-state index contributed by atoms with van der Waals surface area (Å²) in [7, 11) is 0. The van der Waals surface area contributed by atoms with E-state index in [9.17, 15) is 4.79 Å². The second-order valence-electron chi connectivity index (χ2n) is 7.09. The summed E-state index contributed by atoms with van der Waals surface area (Å²) in [4.78, 5) is 29.7. The molecule has 0 atom stereocenters. The van der Waals surface area contributed by atoms with E-state index in [2.05, 4.69) is 56.5 Å². The first-order valence-electron chi connectivity index (χ1n) is 9.64. The normalized spacial score (nSPS) is 14.3. The van der Waals surface area contributed by atoms with Crippen LogP contribution in [0.1, 0.15) is 11.1 Å². The van der Waals surface area contributed by atoms with Crippen molar-refractivity contribution in [3.63, 3.8) is 0 Å². The number of benzene rings is 1. The van der Waals surface area contributed by atoms with Crippen molar-refractivity contribution in [3.05, 3.63) is 60.3 Å². The molecule has 0 saturated carbocycles. The SMILES string of the molecule is Cc1ccc(C)c(-n2ccnc2SCC(=O)N2CCN(c3cnccn3)CC2)c1. The average molecular weight is 409 g/mol. The second kappa shape index (κ2) is 8.65. The third-order valence-corrected chi connectivity index (χ3v) is 6.01. The molecule has 1 aliphatic heterocycles. The Bertz CT molecular complexity index is 982. The molecule has 1 aliphatic rings. The second-order valence-corrected chi connectivity index (χ2v) is 8.03. The van der Waals surface area contributed by atoms with E-state index in [1.807, 2.05) is 11.1 Å². The zero-order valence-corrected chi connectivity index (χ0v) is 17.5. The van der Waals surface area contributed by atoms with Crippen LogP contribution in [0.4, 0.5) is 5.82 Å². The third-order valence-electron chi connectivity index (χ3n) is 5.06. The molecular formula is C21H24N6OS. The van der Waals surface area contributed by atoms with Crippen LogP contribution in [0, 0.1) is 13.8 Å². The van der Waals surface area contributed by atoms with Crippen molar-refractivity contribution < 1.29 is 4.79 Å². The molecule has 0 unspecified atom stereocenters. The van der Waals surface area contributed by atoms with Crippen molar-refractivity contribution in [2.75, 3.05) is 36.8 Å². The molecule has 0 spiro atoms. The maximum Gasteiger partial charge on any atom is 0.233 e. The molecule has 2 aromatic heterocycles. The number of piperazine rings is 1. The third kappa shape index (κ3) is 4.42. The van der Waals surface area contributed by atoms with Crippen molar-refractivity contribution >= 4 is 23.5 Å². The van der Waals surface area contributed by atoms with Crippen molar-refractivity contribution in [1.82, 2.24) is 24.4 Å². The van der Waals surface area contributed by atoms with Crippen LogP contribution in [0.3, 0.4) is 0 Å². The largest absolute Gasteiger partial charge is 0.352 e. The molecule has 0 bridgehead atoms. The summed E-state index contributed by atoms with van der Waals surface area (Å²) in [6, 6.07) is 6.36. The maximum atomic E-state index is 12.7. The summed E-state index contributed by atoms with van der Waals surface area (Å²) in [6.45, 7) is 7.10. The molecule has 3 aromatic rings. The summed E-state index contributed by atoms with van der Waals surface area (Å²) < 4.78 is 2.06. The van der Waals surface area contributed by atoms with Gasteiger partial charge in [-0.2, -0.15) is 0 Å². The Kier molecular flexibility index (Phi) is 5.80. The van der Waals surface area contributed by atoms with Crippen LogP contribution in [-0.4, -0.2) is 62.3 Å². The molecule has 4 rings (SSSR count). The molecule has 1 saturated heterocycles. The quantitative estimate of drug-likeness (QED) is 0.605. The number of anilines is 1. The van der Waals surface area contributed by atoms with Gasteiger partial charge in [-0.1, -0.05) is 23.9 Å². The fourth-order valence-electron chi connectivity index (χ4n) is 3.42. The van der Waals surface area contributed by atoms with Crippen LogP contribution in [0.2, 0.25) is 0 Å². The first-order valence-corrected chi connectivity index (χ1v) is 10.6. The predicted octanol–water partition coefficient (Wildman–Crippen LogP) is 2.72. The first-order chi connectivity index (χ1) is 14.1. The standard InChI is InChI=1S/C21H24N6OS/c1-16-3-4-17(2)18(13-16)27-8-7-24-21(27)29-15-20(28)26-11-9-25(10-12-26)19-14-22-5-6-23-19/h3-8,13-14H,9-12,15H2,1-2H3. The van der Waals surface area contributed by atoms with Gasteiger partial charge in [-0.15, -0.1) is 0 Å². The lowest BCUT2D eigenvalue weighted by molar-refractivity contribution is -0.128. The average Bonchev–Trinajstić information content (AvgIpc) is 3.23. The highest BCUT2D eigenvalue weighted by molar-refractivity contribution is 7.99. The lowest BCUT2D eigenvalue weighted by Crippen LogP contribution is -2.49. The van der Waals surface area contributed by atoms with Crippen LogP contribution in [-0.2, 0) is 4.79 Å². The molecule has 29 heavy (non-hydrogen) atoms. The van der Waals surface area contributed by atoms with E-state index >= 15 is 0 Å². The molecule has 1 aromatic carbocycles. The highest BCUT2D eigenvalue weighted by Gasteiger charge is 2.22. The van der Waals surface area contributed by atoms with Gasteiger partial charge in [0.15, 0.2) is 5.16 Å². The van der Waals surface area contributed by atoms with Gasteiger partial charge in [0.05, 0.1) is 17.6 Å². The molecule has 1 fully saturated rings. The van der Waals surface area contributed by atoms with E-state index in [-0.39, 0.29) is 5.91 Å². The van der Waals surface area contributed by atoms with Crippen LogP contribution >= 0.6 is 11.8 Å². The summed E-state index contributed by atoms with van der Waals surface area (Å²) in [5.74, 6) is 1.39. The van der Waals surface area contributed by atoms with E-state index in [4.69, 9.17) is 0 Å². The molecule has 150 valence electrons. The van der Waals surface area contributed by atoms with E-state index in [1.54, 1.807) is 24.8 Å². The fraction of sp³-hybridized carbons (Fsp3) is 0.333. The lowest BCUT2D eigenvalue weighted by Gasteiger charge is -2.35. The monoisotopic (exact) mass is 408 g/mol. The highest BCUT2D eigenvalue weighted by atomic mass is 32.2. The van der Waals surface area contributed by atoms with E-state index in [1.165, 1.54) is 22.9 Å². The molecule has 8 heteroatoms. The first kappa shape index (κ1) is 19.4. The molecule has 3 heterocycles. The molecule has 0 aliphatic carbocycles. The number of hydrogen-bond donors (Lipinski definition) is 0. The Morgan fingerprint density at radius 2 is 1.90 bits per heavy atom. The van der Waals surface area contributed by atoms with Crippen LogP contribution in [0.15, 0.2) is 54.3 Å². The van der Waals surface area contributed by atoms with Gasteiger partial charge < -0.3 is 9.80 Å². The van der Waals surface area contributed by atoms with Crippen LogP contribution in [0.5, 0.6) is 0 Å². The minimum Gasteiger partial charge on any atom is -0.352 e. The number of rotatable bonds is 5. The summed E-state index contributed by atoms with van der Waals surface area (Å²) in [5, 5.41) is 0.838. The Morgan fingerprint density at radius 3 is 2.66 bits per heavy atom. The van der Waals surface area contributed by atoms with E-state index < -0.39 is 0 Å². The number of imidazole rings is 1. The molecular weight excluding hydrogens is 384 g/mol. The summed E-state index contributed by atoms with van der Waals surface area (Å²) in [6.07, 6.45) is 8.87. The Morgan fingerprint density at radius 1 is 1.07 bits per heavy atom. The van der Waals surface area contributed by atoms with Gasteiger partial charge in [-0.3, -0.25) is 14.3 Å². The van der Waals surface area contributed by atoms with Gasteiger partial charge in [0.2, 0.25) is 5.91 Å². The minimum absolute atomic E-state index is 0.143. The van der Waals surface area contributed by atoms with Crippen LogP contribution in [0.25, 0.3) is 5.69 Å². The van der Waals surface area contributed by atoms with Gasteiger partial charge in [0.25, 0.3) is 0 Å². The number of aromatic nitrogens is 4. The van der Waals surface area contributed by atoms with Gasteiger partial charge in [0.1, 0.15) is 5.82 Å². The summed E-state index contributed by atoms with van der Waals surface area (Å²) >= 11 is 1.49. The number of thioether (sulfide) groups is 1. The van der Waals surface area contributed by atoms with E-state index in [0.717, 1.165) is 29.8 Å².